The van der Waals surface area contributed by atoms with Crippen molar-refractivity contribution >= 4 is 23.4 Å². The molecule has 0 bridgehead atoms. The Kier molecular flexibility index (Phi) is 5.63. The topological polar surface area (TPSA) is 48.7 Å². The zero-order valence-corrected chi connectivity index (χ0v) is 13.3. The van der Waals surface area contributed by atoms with E-state index in [4.69, 9.17) is 11.6 Å². The first-order chi connectivity index (χ1) is 10.2. The summed E-state index contributed by atoms with van der Waals surface area (Å²) in [6.45, 7) is 2.70. The van der Waals surface area contributed by atoms with E-state index in [1.54, 1.807) is 18.3 Å². The summed E-state index contributed by atoms with van der Waals surface area (Å²) in [7, 11) is 0. The van der Waals surface area contributed by atoms with Gasteiger partial charge in [-0.25, -0.2) is 4.98 Å². The third-order valence-corrected chi connectivity index (χ3v) is 4.68. The van der Waals surface area contributed by atoms with Gasteiger partial charge in [-0.2, -0.15) is 5.26 Å². The van der Waals surface area contributed by atoms with Gasteiger partial charge in [0.2, 0.25) is 0 Å². The molecule has 1 heterocycles. The third-order valence-electron chi connectivity index (χ3n) is 3.09. The number of thioether (sulfide) groups is 1. The van der Waals surface area contributed by atoms with Gasteiger partial charge in [0.1, 0.15) is 10.6 Å². The van der Waals surface area contributed by atoms with Crippen LogP contribution < -0.4 is 5.32 Å². The molecule has 0 radical (unpaired) electrons. The quantitative estimate of drug-likeness (QED) is 0.822. The Balaban J connectivity index is 2.26. The standard InChI is InChI=1S/C16H16ClN3S/c1-2-20-16(11-18,13-7-4-3-5-8-13)12-21-15-14(17)9-6-10-19-15/h3-10,20H,2,12H2,1H3. The number of pyridine rings is 1. The summed E-state index contributed by atoms with van der Waals surface area (Å²) in [6, 6.07) is 15.8. The Morgan fingerprint density at radius 2 is 2.05 bits per heavy atom. The lowest BCUT2D eigenvalue weighted by Gasteiger charge is -2.27. The fraction of sp³-hybridized carbons (Fsp3) is 0.250. The van der Waals surface area contributed by atoms with E-state index in [0.717, 1.165) is 10.6 Å². The van der Waals surface area contributed by atoms with Gasteiger partial charge in [0.05, 0.1) is 11.1 Å². The molecular formula is C16H16ClN3S. The van der Waals surface area contributed by atoms with Crippen LogP contribution in [0.15, 0.2) is 53.7 Å². The van der Waals surface area contributed by atoms with Gasteiger partial charge < -0.3 is 0 Å². The Morgan fingerprint density at radius 1 is 1.29 bits per heavy atom. The van der Waals surface area contributed by atoms with Crippen LogP contribution in [0.5, 0.6) is 0 Å². The number of benzene rings is 1. The van der Waals surface area contributed by atoms with Gasteiger partial charge in [0.15, 0.2) is 0 Å². The minimum absolute atomic E-state index is 0.540. The van der Waals surface area contributed by atoms with Gasteiger partial charge in [-0.15, -0.1) is 11.8 Å². The fourth-order valence-electron chi connectivity index (χ4n) is 2.05. The predicted octanol–water partition coefficient (Wildman–Crippen LogP) is 3.86. The van der Waals surface area contributed by atoms with Gasteiger partial charge >= 0.3 is 0 Å². The summed E-state index contributed by atoms with van der Waals surface area (Å²) in [6.07, 6.45) is 1.71. The average molecular weight is 318 g/mol. The van der Waals surface area contributed by atoms with Crippen molar-refractivity contribution in [3.63, 3.8) is 0 Å². The molecule has 0 spiro atoms. The van der Waals surface area contributed by atoms with E-state index >= 15 is 0 Å². The van der Waals surface area contributed by atoms with Crippen LogP contribution in [-0.2, 0) is 5.54 Å². The molecule has 0 saturated heterocycles. The van der Waals surface area contributed by atoms with Crippen molar-refractivity contribution in [1.82, 2.24) is 10.3 Å². The molecular weight excluding hydrogens is 302 g/mol. The molecule has 1 atom stereocenters. The first kappa shape index (κ1) is 15.8. The van der Waals surface area contributed by atoms with E-state index in [0.29, 0.717) is 17.3 Å². The molecule has 2 rings (SSSR count). The summed E-state index contributed by atoms with van der Waals surface area (Å²) in [4.78, 5) is 4.26. The Labute approximate surface area is 134 Å². The second-order valence-electron chi connectivity index (χ2n) is 4.49. The van der Waals surface area contributed by atoms with Gasteiger partial charge in [-0.3, -0.25) is 5.32 Å². The maximum Gasteiger partial charge on any atom is 0.141 e. The van der Waals surface area contributed by atoms with E-state index in [1.165, 1.54) is 11.8 Å². The van der Waals surface area contributed by atoms with Crippen LogP contribution in [0.4, 0.5) is 0 Å². The van der Waals surface area contributed by atoms with Crippen LogP contribution in [0.1, 0.15) is 12.5 Å². The highest BCUT2D eigenvalue weighted by Gasteiger charge is 2.31. The molecule has 1 aromatic carbocycles. The van der Waals surface area contributed by atoms with Crippen molar-refractivity contribution in [2.45, 2.75) is 17.5 Å². The molecule has 0 aliphatic heterocycles. The molecule has 0 fully saturated rings. The van der Waals surface area contributed by atoms with Crippen molar-refractivity contribution in [2.75, 3.05) is 12.3 Å². The number of nitrogens with one attached hydrogen (secondary N) is 1. The lowest BCUT2D eigenvalue weighted by molar-refractivity contribution is 0.490. The molecule has 0 aliphatic rings. The monoisotopic (exact) mass is 317 g/mol. The summed E-state index contributed by atoms with van der Waals surface area (Å²) < 4.78 is 0. The van der Waals surface area contributed by atoms with Crippen molar-refractivity contribution < 1.29 is 0 Å². The average Bonchev–Trinajstić information content (AvgIpc) is 2.54. The largest absolute Gasteiger partial charge is 0.295 e. The molecule has 0 saturated carbocycles. The molecule has 2 aromatic rings. The zero-order chi connectivity index (χ0) is 15.1. The van der Waals surface area contributed by atoms with E-state index in [1.807, 2.05) is 37.3 Å². The van der Waals surface area contributed by atoms with Crippen LogP contribution in [0.3, 0.4) is 0 Å². The number of hydrogen-bond donors (Lipinski definition) is 1. The summed E-state index contributed by atoms with van der Waals surface area (Å²) in [5, 5.41) is 14.4. The van der Waals surface area contributed by atoms with Gasteiger partial charge in [-0.1, -0.05) is 48.9 Å². The van der Waals surface area contributed by atoms with E-state index in [-0.39, 0.29) is 0 Å². The molecule has 0 aliphatic carbocycles. The number of aromatic nitrogens is 1. The highest BCUT2D eigenvalue weighted by molar-refractivity contribution is 7.99. The number of rotatable bonds is 6. The smallest absolute Gasteiger partial charge is 0.141 e. The highest BCUT2D eigenvalue weighted by atomic mass is 35.5. The molecule has 5 heteroatoms. The zero-order valence-electron chi connectivity index (χ0n) is 11.7. The van der Waals surface area contributed by atoms with E-state index in [2.05, 4.69) is 16.4 Å². The van der Waals surface area contributed by atoms with E-state index in [9.17, 15) is 5.26 Å². The van der Waals surface area contributed by atoms with Gasteiger partial charge in [0.25, 0.3) is 0 Å². The van der Waals surface area contributed by atoms with Crippen molar-refractivity contribution in [3.8, 4) is 6.07 Å². The molecule has 1 aromatic heterocycles. The first-order valence-electron chi connectivity index (χ1n) is 6.67. The summed E-state index contributed by atoms with van der Waals surface area (Å²) >= 11 is 7.62. The molecule has 108 valence electrons. The van der Waals surface area contributed by atoms with Crippen LogP contribution in [-0.4, -0.2) is 17.3 Å². The van der Waals surface area contributed by atoms with Crippen LogP contribution in [0.25, 0.3) is 0 Å². The fourth-order valence-corrected chi connectivity index (χ4v) is 3.36. The Morgan fingerprint density at radius 3 is 2.67 bits per heavy atom. The maximum atomic E-state index is 9.73. The number of halogens is 1. The van der Waals surface area contributed by atoms with Crippen molar-refractivity contribution in [3.05, 3.63) is 59.2 Å². The minimum Gasteiger partial charge on any atom is -0.295 e. The van der Waals surface area contributed by atoms with E-state index < -0.39 is 5.54 Å². The normalized spacial score (nSPS) is 13.4. The van der Waals surface area contributed by atoms with Crippen LogP contribution in [0.2, 0.25) is 5.02 Å². The third kappa shape index (κ3) is 3.76. The van der Waals surface area contributed by atoms with Crippen LogP contribution in [0, 0.1) is 11.3 Å². The first-order valence-corrected chi connectivity index (χ1v) is 8.03. The van der Waals surface area contributed by atoms with Crippen molar-refractivity contribution in [1.29, 1.82) is 5.26 Å². The lowest BCUT2D eigenvalue weighted by atomic mass is 9.93. The number of nitriles is 1. The lowest BCUT2D eigenvalue weighted by Crippen LogP contribution is -2.43. The molecule has 1 unspecified atom stereocenters. The van der Waals surface area contributed by atoms with Gasteiger partial charge in [-0.05, 0) is 24.2 Å². The molecule has 0 amide bonds. The number of nitrogens with zero attached hydrogens (tertiary/aromatic N) is 2. The number of hydrogen-bond acceptors (Lipinski definition) is 4. The second-order valence-corrected chi connectivity index (χ2v) is 5.86. The minimum atomic E-state index is -0.748. The maximum absolute atomic E-state index is 9.73. The summed E-state index contributed by atoms with van der Waals surface area (Å²) in [5.41, 5.74) is 0.204. The summed E-state index contributed by atoms with van der Waals surface area (Å²) in [5.74, 6) is 0.540. The Bertz CT molecular complexity index is 627. The SMILES string of the molecule is CCNC(C#N)(CSc1ncccc1Cl)c1ccccc1. The molecule has 21 heavy (non-hydrogen) atoms. The molecule has 1 N–H and O–H groups in total. The van der Waals surface area contributed by atoms with Crippen molar-refractivity contribution in [2.24, 2.45) is 0 Å². The highest BCUT2D eigenvalue weighted by Crippen LogP contribution is 2.31. The molecule has 3 nitrogen and oxygen atoms in total. The van der Waals surface area contributed by atoms with Crippen LogP contribution >= 0.6 is 23.4 Å². The second kappa shape index (κ2) is 7.46. The predicted molar refractivity (Wildman–Crippen MR) is 87.4 cm³/mol. The van der Waals surface area contributed by atoms with Gasteiger partial charge in [0, 0.05) is 11.9 Å². The Hall–Kier alpha value is -1.54.